The summed E-state index contributed by atoms with van der Waals surface area (Å²) in [5.41, 5.74) is 4.68. The van der Waals surface area contributed by atoms with Crippen LogP contribution in [0.15, 0.2) is 72.3 Å². The number of Topliss-reactive ketones (excluding diaryl/α,β-unsaturated/α-hetero) is 1. The van der Waals surface area contributed by atoms with Gasteiger partial charge in [0, 0.05) is 16.8 Å². The maximum Gasteiger partial charge on any atom is 0.159 e. The largest absolute Gasteiger partial charge is 0.344 e. The van der Waals surface area contributed by atoms with E-state index in [-0.39, 0.29) is 5.78 Å². The molecule has 3 heteroatoms. The van der Waals surface area contributed by atoms with Crippen molar-refractivity contribution in [3.05, 3.63) is 84.0 Å². The molecule has 0 radical (unpaired) electrons. The first-order valence-corrected chi connectivity index (χ1v) is 7.82. The number of hydrogen-bond acceptors (Lipinski definition) is 2. The maximum absolute atomic E-state index is 11.3. The third-order valence-corrected chi connectivity index (χ3v) is 3.53. The molecule has 122 valence electrons. The molecule has 0 amide bonds. The van der Waals surface area contributed by atoms with Crippen LogP contribution in [0.5, 0.6) is 0 Å². The number of carbonyl (C=O) groups is 1. The second-order valence-electron chi connectivity index (χ2n) is 5.61. The normalized spacial score (nSPS) is 12.0. The summed E-state index contributed by atoms with van der Waals surface area (Å²) in [5.74, 6) is 0.821. The van der Waals surface area contributed by atoms with Crippen LogP contribution in [0.25, 0.3) is 5.70 Å². The zero-order valence-electron chi connectivity index (χ0n) is 14.3. The Morgan fingerprint density at radius 2 is 1.58 bits per heavy atom. The lowest BCUT2D eigenvalue weighted by atomic mass is 10.1. The number of nitrogens with zero attached hydrogens (tertiary/aromatic N) is 1. The number of ketones is 1. The molecule has 0 saturated heterocycles. The minimum atomic E-state index is 0.0579. The number of carbonyl (C=O) groups excluding carboxylic acids is 1. The van der Waals surface area contributed by atoms with Gasteiger partial charge in [-0.3, -0.25) is 4.79 Å². The number of nitrogens with one attached hydrogen (secondary N) is 1. The van der Waals surface area contributed by atoms with E-state index in [4.69, 9.17) is 0 Å². The Balaban J connectivity index is 2.20. The molecule has 0 saturated carbocycles. The average molecular weight is 318 g/mol. The van der Waals surface area contributed by atoms with Gasteiger partial charge < -0.3 is 5.32 Å². The Labute approximate surface area is 143 Å². The van der Waals surface area contributed by atoms with Crippen molar-refractivity contribution < 1.29 is 4.79 Å². The number of allylic oxidation sites excluding steroid dienone is 2. The van der Waals surface area contributed by atoms with Crippen LogP contribution >= 0.6 is 0 Å². The minimum absolute atomic E-state index is 0.0579. The Kier molecular flexibility index (Phi) is 5.85. The van der Waals surface area contributed by atoms with Gasteiger partial charge in [-0.05, 0) is 51.1 Å². The molecule has 24 heavy (non-hydrogen) atoms. The fraction of sp³-hybridized carbons (Fsp3) is 0.143. The van der Waals surface area contributed by atoms with Crippen LogP contribution in [0.4, 0.5) is 5.69 Å². The summed E-state index contributed by atoms with van der Waals surface area (Å²) in [6, 6.07) is 15.6. The molecule has 0 bridgehead atoms. The molecule has 2 aromatic rings. The van der Waals surface area contributed by atoms with Crippen molar-refractivity contribution in [3.63, 3.8) is 0 Å². The third kappa shape index (κ3) is 4.78. The van der Waals surface area contributed by atoms with Crippen LogP contribution in [0.3, 0.4) is 0 Å². The molecular weight excluding hydrogens is 296 g/mol. The van der Waals surface area contributed by atoms with Crippen LogP contribution in [0.1, 0.15) is 35.3 Å². The molecule has 0 unspecified atom stereocenters. The van der Waals surface area contributed by atoms with E-state index in [1.54, 1.807) is 25.1 Å². The van der Waals surface area contributed by atoms with Gasteiger partial charge in [0.1, 0.15) is 5.84 Å². The Bertz CT molecular complexity index is 782. The minimum Gasteiger partial charge on any atom is -0.344 e. The molecule has 0 aliphatic rings. The number of benzene rings is 2. The summed E-state index contributed by atoms with van der Waals surface area (Å²) < 4.78 is 0. The summed E-state index contributed by atoms with van der Waals surface area (Å²) in [4.78, 5) is 16.0. The van der Waals surface area contributed by atoms with Crippen LogP contribution in [-0.4, -0.2) is 11.6 Å². The highest BCUT2D eigenvalue weighted by atomic mass is 16.1. The lowest BCUT2D eigenvalue weighted by molar-refractivity contribution is 0.101. The molecule has 2 rings (SSSR count). The van der Waals surface area contributed by atoms with E-state index in [1.807, 2.05) is 37.3 Å². The molecule has 3 nitrogen and oxygen atoms in total. The van der Waals surface area contributed by atoms with Crippen LogP contribution in [-0.2, 0) is 0 Å². The van der Waals surface area contributed by atoms with Gasteiger partial charge in [-0.1, -0.05) is 42.5 Å². The average Bonchev–Trinajstić information content (AvgIpc) is 2.55. The molecule has 1 N–H and O–H groups in total. The van der Waals surface area contributed by atoms with Gasteiger partial charge in [0.15, 0.2) is 5.78 Å². The van der Waals surface area contributed by atoms with Gasteiger partial charge in [0.2, 0.25) is 0 Å². The van der Waals surface area contributed by atoms with E-state index < -0.39 is 0 Å². The SMILES string of the molecule is C=C/C=C(\N=C(C)Nc1ccc(C(C)=O)cc1)c1ccc(C)cc1. The second-order valence-corrected chi connectivity index (χ2v) is 5.61. The first-order chi connectivity index (χ1) is 11.5. The van der Waals surface area contributed by atoms with E-state index in [2.05, 4.69) is 35.9 Å². The van der Waals surface area contributed by atoms with Crippen molar-refractivity contribution in [1.82, 2.24) is 0 Å². The Morgan fingerprint density at radius 3 is 2.12 bits per heavy atom. The fourth-order valence-electron chi connectivity index (χ4n) is 2.24. The highest BCUT2D eigenvalue weighted by Crippen LogP contribution is 2.18. The van der Waals surface area contributed by atoms with Crippen molar-refractivity contribution in [1.29, 1.82) is 0 Å². The molecule has 0 aromatic heterocycles. The van der Waals surface area contributed by atoms with Gasteiger partial charge in [-0.25, -0.2) is 4.99 Å². The van der Waals surface area contributed by atoms with E-state index in [0.717, 1.165) is 22.8 Å². The van der Waals surface area contributed by atoms with E-state index in [0.29, 0.717) is 5.56 Å². The van der Waals surface area contributed by atoms with Gasteiger partial charge in [0.25, 0.3) is 0 Å². The zero-order valence-corrected chi connectivity index (χ0v) is 14.3. The van der Waals surface area contributed by atoms with Crippen molar-refractivity contribution >= 4 is 23.0 Å². The lowest BCUT2D eigenvalue weighted by Gasteiger charge is -2.08. The highest BCUT2D eigenvalue weighted by Gasteiger charge is 2.02. The molecule has 2 aromatic carbocycles. The lowest BCUT2D eigenvalue weighted by Crippen LogP contribution is -2.07. The topological polar surface area (TPSA) is 41.5 Å². The van der Waals surface area contributed by atoms with Gasteiger partial charge in [-0.15, -0.1) is 0 Å². The van der Waals surface area contributed by atoms with Gasteiger partial charge in [-0.2, -0.15) is 0 Å². The smallest absolute Gasteiger partial charge is 0.159 e. The van der Waals surface area contributed by atoms with E-state index in [1.165, 1.54) is 5.56 Å². The molecule has 0 heterocycles. The van der Waals surface area contributed by atoms with Gasteiger partial charge in [0.05, 0.1) is 5.70 Å². The summed E-state index contributed by atoms with van der Waals surface area (Å²) >= 11 is 0. The van der Waals surface area contributed by atoms with Crippen molar-refractivity contribution in [2.24, 2.45) is 4.99 Å². The monoisotopic (exact) mass is 318 g/mol. The number of aliphatic imine (C=N–C) groups is 1. The number of amidine groups is 1. The molecule has 0 aliphatic heterocycles. The van der Waals surface area contributed by atoms with Crippen molar-refractivity contribution in [2.45, 2.75) is 20.8 Å². The summed E-state index contributed by atoms with van der Waals surface area (Å²) in [7, 11) is 0. The number of rotatable bonds is 5. The van der Waals surface area contributed by atoms with Crippen molar-refractivity contribution in [2.75, 3.05) is 5.32 Å². The quantitative estimate of drug-likeness (QED) is 0.354. The fourth-order valence-corrected chi connectivity index (χ4v) is 2.24. The van der Waals surface area contributed by atoms with E-state index >= 15 is 0 Å². The van der Waals surface area contributed by atoms with Crippen LogP contribution in [0.2, 0.25) is 0 Å². The predicted molar refractivity (Wildman–Crippen MR) is 103 cm³/mol. The second kappa shape index (κ2) is 8.06. The van der Waals surface area contributed by atoms with Gasteiger partial charge >= 0.3 is 0 Å². The molecule has 0 spiro atoms. The summed E-state index contributed by atoms with van der Waals surface area (Å²) in [6.45, 7) is 9.29. The maximum atomic E-state index is 11.3. The summed E-state index contributed by atoms with van der Waals surface area (Å²) in [5, 5.41) is 3.24. The molecule has 0 aliphatic carbocycles. The predicted octanol–water partition coefficient (Wildman–Crippen LogP) is 5.26. The summed E-state index contributed by atoms with van der Waals surface area (Å²) in [6.07, 6.45) is 3.61. The molecule has 0 atom stereocenters. The molecule has 0 fully saturated rings. The third-order valence-electron chi connectivity index (χ3n) is 3.53. The van der Waals surface area contributed by atoms with Crippen molar-refractivity contribution in [3.8, 4) is 0 Å². The number of anilines is 1. The van der Waals surface area contributed by atoms with E-state index in [9.17, 15) is 4.79 Å². The highest BCUT2D eigenvalue weighted by molar-refractivity contribution is 5.98. The number of hydrogen-bond donors (Lipinski definition) is 1. The first kappa shape index (κ1) is 17.4. The first-order valence-electron chi connectivity index (χ1n) is 7.82. The Hall–Kier alpha value is -2.94. The zero-order chi connectivity index (χ0) is 17.5. The number of aryl methyl sites for hydroxylation is 1. The Morgan fingerprint density at radius 1 is 1.00 bits per heavy atom. The van der Waals surface area contributed by atoms with Crippen LogP contribution < -0.4 is 5.32 Å². The molecular formula is C21H22N2O. The standard InChI is InChI=1S/C21H22N2O/c1-5-6-21(19-9-7-15(2)8-10-19)23-17(4)22-20-13-11-18(12-14-20)16(3)24/h5-14H,1H2,2-4H3,(H,22,23)/b21-6-. The van der Waals surface area contributed by atoms with Crippen LogP contribution in [0, 0.1) is 6.92 Å².